The molecule has 0 bridgehead atoms. The van der Waals surface area contributed by atoms with Crippen molar-refractivity contribution in [2.45, 2.75) is 19.4 Å². The number of thiophene rings is 1. The van der Waals surface area contributed by atoms with Crippen LogP contribution in [0.15, 0.2) is 60.1 Å². The van der Waals surface area contributed by atoms with E-state index in [-0.39, 0.29) is 0 Å². The highest BCUT2D eigenvalue weighted by Gasteiger charge is 2.23. The second-order valence-electron chi connectivity index (χ2n) is 7.78. The molecular formula is C25H22N4O3S. The molecule has 33 heavy (non-hydrogen) atoms. The van der Waals surface area contributed by atoms with E-state index in [4.69, 9.17) is 4.74 Å². The fraction of sp³-hybridized carbons (Fsp3) is 0.160. The van der Waals surface area contributed by atoms with E-state index in [1.54, 1.807) is 7.11 Å². The normalized spacial score (nSPS) is 12.2. The predicted octanol–water partition coefficient (Wildman–Crippen LogP) is 5.26. The van der Waals surface area contributed by atoms with Crippen LogP contribution in [0, 0.1) is 6.92 Å². The number of aromatic amines is 1. The molecule has 1 atom stereocenters. The van der Waals surface area contributed by atoms with Gasteiger partial charge in [-0.3, -0.25) is 0 Å². The summed E-state index contributed by atoms with van der Waals surface area (Å²) in [5.41, 5.74) is 3.86. The zero-order chi connectivity index (χ0) is 22.9. The number of nitrogens with one attached hydrogen (secondary N) is 2. The van der Waals surface area contributed by atoms with E-state index in [9.17, 15) is 9.90 Å². The van der Waals surface area contributed by atoms with Crippen LogP contribution in [0.25, 0.3) is 32.2 Å². The minimum absolute atomic E-state index is 0.311. The van der Waals surface area contributed by atoms with Gasteiger partial charge in [0.15, 0.2) is 0 Å². The molecule has 0 aliphatic carbocycles. The van der Waals surface area contributed by atoms with Crippen molar-refractivity contribution in [1.29, 1.82) is 0 Å². The fourth-order valence-electron chi connectivity index (χ4n) is 4.02. The highest BCUT2D eigenvalue weighted by molar-refractivity contribution is 7.17. The van der Waals surface area contributed by atoms with Gasteiger partial charge in [0.05, 0.1) is 12.5 Å². The maximum atomic E-state index is 12.2. The Morgan fingerprint density at radius 1 is 1.18 bits per heavy atom. The number of hydrogen-bond donors (Lipinski definition) is 3. The number of aromatic nitrogens is 3. The molecule has 0 spiro atoms. The van der Waals surface area contributed by atoms with Crippen molar-refractivity contribution in [2.75, 3.05) is 12.4 Å². The molecule has 3 N–H and O–H groups in total. The Labute approximate surface area is 194 Å². The molecular weight excluding hydrogens is 436 g/mol. The molecule has 0 radical (unpaired) electrons. The van der Waals surface area contributed by atoms with Crippen LogP contribution in [0.3, 0.4) is 0 Å². The number of benzene rings is 2. The second-order valence-corrected chi connectivity index (χ2v) is 8.63. The van der Waals surface area contributed by atoms with Crippen LogP contribution in [0.1, 0.15) is 11.4 Å². The molecule has 5 rings (SSSR count). The number of carboxylic acid groups (broad SMARTS) is 1. The van der Waals surface area contributed by atoms with Crippen molar-refractivity contribution in [3.63, 3.8) is 0 Å². The van der Waals surface area contributed by atoms with Crippen LogP contribution in [0.5, 0.6) is 5.75 Å². The molecule has 5 aromatic rings. The first-order valence-corrected chi connectivity index (χ1v) is 11.4. The van der Waals surface area contributed by atoms with Crippen molar-refractivity contribution in [2.24, 2.45) is 0 Å². The van der Waals surface area contributed by atoms with Gasteiger partial charge in [-0.1, -0.05) is 30.3 Å². The summed E-state index contributed by atoms with van der Waals surface area (Å²) in [5, 5.41) is 17.1. The molecule has 7 nitrogen and oxygen atoms in total. The Balaban J connectivity index is 1.54. The molecule has 2 aromatic carbocycles. The Morgan fingerprint density at radius 2 is 1.97 bits per heavy atom. The third-order valence-corrected chi connectivity index (χ3v) is 6.53. The van der Waals surface area contributed by atoms with Crippen molar-refractivity contribution >= 4 is 44.2 Å². The van der Waals surface area contributed by atoms with Gasteiger partial charge in [-0.25, -0.2) is 14.8 Å². The minimum Gasteiger partial charge on any atom is -0.497 e. The van der Waals surface area contributed by atoms with E-state index in [2.05, 4.69) is 20.3 Å². The number of nitrogens with zero attached hydrogens (tertiary/aromatic N) is 2. The molecule has 0 saturated heterocycles. The number of anilines is 1. The molecule has 1 unspecified atom stereocenters. The van der Waals surface area contributed by atoms with Crippen molar-refractivity contribution in [1.82, 2.24) is 15.0 Å². The Bertz CT molecular complexity index is 1460. The quantitative estimate of drug-likeness (QED) is 0.307. The summed E-state index contributed by atoms with van der Waals surface area (Å²) in [4.78, 5) is 25.4. The highest BCUT2D eigenvalue weighted by Crippen LogP contribution is 2.38. The number of fused-ring (bicyclic) bond motifs is 2. The van der Waals surface area contributed by atoms with Crippen LogP contribution in [0.4, 0.5) is 5.82 Å². The van der Waals surface area contributed by atoms with Gasteiger partial charge in [-0.2, -0.15) is 0 Å². The van der Waals surface area contributed by atoms with Gasteiger partial charge in [0, 0.05) is 34.5 Å². The van der Waals surface area contributed by atoms with E-state index in [0.29, 0.717) is 18.1 Å². The standard InChI is InChI=1S/C25H22N4O3S/c1-14-27-23(22-19(13-33-24(22)28-14)15-7-9-17(32-2)10-8-15)29-21(25(30)31)11-16-12-26-20-6-4-3-5-18(16)20/h3-10,12-13,21,26H,11H2,1-2H3,(H,30,31)(H,27,28,29). The van der Waals surface area contributed by atoms with Crippen molar-refractivity contribution in [3.05, 3.63) is 71.5 Å². The molecule has 166 valence electrons. The monoisotopic (exact) mass is 458 g/mol. The third-order valence-electron chi connectivity index (χ3n) is 5.65. The summed E-state index contributed by atoms with van der Waals surface area (Å²) in [6.45, 7) is 1.81. The van der Waals surface area contributed by atoms with E-state index in [0.717, 1.165) is 43.6 Å². The number of methoxy groups -OCH3 is 1. The number of hydrogen-bond acceptors (Lipinski definition) is 6. The smallest absolute Gasteiger partial charge is 0.326 e. The summed E-state index contributed by atoms with van der Waals surface area (Å²) >= 11 is 1.51. The Hall–Kier alpha value is -3.91. The zero-order valence-corrected chi connectivity index (χ0v) is 18.9. The summed E-state index contributed by atoms with van der Waals surface area (Å²) < 4.78 is 5.27. The van der Waals surface area contributed by atoms with E-state index in [1.807, 2.05) is 67.0 Å². The lowest BCUT2D eigenvalue weighted by Crippen LogP contribution is -2.32. The van der Waals surface area contributed by atoms with E-state index in [1.165, 1.54) is 11.3 Å². The molecule has 0 fully saturated rings. The van der Waals surface area contributed by atoms with Gasteiger partial charge in [-0.05, 0) is 36.2 Å². The number of para-hydroxylation sites is 1. The van der Waals surface area contributed by atoms with E-state index >= 15 is 0 Å². The van der Waals surface area contributed by atoms with Crippen LogP contribution < -0.4 is 10.1 Å². The van der Waals surface area contributed by atoms with Crippen LogP contribution in [-0.4, -0.2) is 39.2 Å². The van der Waals surface area contributed by atoms with Gasteiger partial charge < -0.3 is 20.1 Å². The molecule has 0 aliphatic rings. The number of ether oxygens (including phenoxy) is 1. The lowest BCUT2D eigenvalue weighted by Gasteiger charge is -2.16. The predicted molar refractivity (Wildman–Crippen MR) is 131 cm³/mol. The van der Waals surface area contributed by atoms with Crippen molar-refractivity contribution < 1.29 is 14.6 Å². The summed E-state index contributed by atoms with van der Waals surface area (Å²) in [6.07, 6.45) is 2.18. The largest absolute Gasteiger partial charge is 0.497 e. The fourth-order valence-corrected chi connectivity index (χ4v) is 5.01. The first-order valence-electron chi connectivity index (χ1n) is 10.5. The van der Waals surface area contributed by atoms with Gasteiger partial charge in [0.2, 0.25) is 0 Å². The number of rotatable bonds is 7. The maximum Gasteiger partial charge on any atom is 0.326 e. The third kappa shape index (κ3) is 4.01. The first-order chi connectivity index (χ1) is 16.0. The SMILES string of the molecule is COc1ccc(-c2csc3nc(C)nc(NC(Cc4c[nH]c5ccccc45)C(=O)O)c23)cc1. The molecule has 3 aromatic heterocycles. The summed E-state index contributed by atoms with van der Waals surface area (Å²) in [7, 11) is 1.63. The van der Waals surface area contributed by atoms with E-state index < -0.39 is 12.0 Å². The Kier molecular flexibility index (Phi) is 5.43. The number of aryl methyl sites for hydroxylation is 1. The van der Waals surface area contributed by atoms with Gasteiger partial charge in [0.1, 0.15) is 28.3 Å². The lowest BCUT2D eigenvalue weighted by atomic mass is 10.0. The van der Waals surface area contributed by atoms with Gasteiger partial charge >= 0.3 is 5.97 Å². The number of aliphatic carboxylic acids is 1. The van der Waals surface area contributed by atoms with Gasteiger partial charge in [0.25, 0.3) is 0 Å². The average molecular weight is 459 g/mol. The van der Waals surface area contributed by atoms with Crippen LogP contribution in [-0.2, 0) is 11.2 Å². The minimum atomic E-state index is -0.939. The maximum absolute atomic E-state index is 12.2. The molecule has 0 aliphatic heterocycles. The lowest BCUT2D eigenvalue weighted by molar-refractivity contribution is -0.137. The number of carboxylic acids is 1. The topological polar surface area (TPSA) is 100 Å². The van der Waals surface area contributed by atoms with Gasteiger partial charge in [-0.15, -0.1) is 11.3 Å². The number of H-pyrrole nitrogens is 1. The molecule has 0 saturated carbocycles. The number of carbonyl (C=O) groups is 1. The molecule has 3 heterocycles. The van der Waals surface area contributed by atoms with Crippen LogP contribution >= 0.6 is 11.3 Å². The second kappa shape index (κ2) is 8.55. The van der Waals surface area contributed by atoms with Crippen LogP contribution in [0.2, 0.25) is 0 Å². The zero-order valence-electron chi connectivity index (χ0n) is 18.1. The molecule has 0 amide bonds. The molecule has 8 heteroatoms. The highest BCUT2D eigenvalue weighted by atomic mass is 32.1. The summed E-state index contributed by atoms with van der Waals surface area (Å²) in [6, 6.07) is 14.8. The first kappa shape index (κ1) is 21.0. The average Bonchev–Trinajstić information content (AvgIpc) is 3.43. The Morgan fingerprint density at radius 3 is 2.73 bits per heavy atom. The van der Waals surface area contributed by atoms with Crippen molar-refractivity contribution in [3.8, 4) is 16.9 Å². The summed E-state index contributed by atoms with van der Waals surface area (Å²) in [5.74, 6) is 0.945.